The molecule has 2 aromatic rings. The van der Waals surface area contributed by atoms with Crippen LogP contribution in [0.2, 0.25) is 4.34 Å². The summed E-state index contributed by atoms with van der Waals surface area (Å²) in [5.74, 6) is 0. The number of hydrogen-bond donors (Lipinski definition) is 1. The van der Waals surface area contributed by atoms with E-state index in [4.69, 9.17) is 16.7 Å². The van der Waals surface area contributed by atoms with E-state index in [0.717, 1.165) is 21.9 Å². The average molecular weight is 227 g/mol. The SMILES string of the molecule is O=Cc1c(Cl)sc2cc(CO)ccc12. The van der Waals surface area contributed by atoms with E-state index in [-0.39, 0.29) is 6.61 Å². The first-order chi connectivity index (χ1) is 6.76. The van der Waals surface area contributed by atoms with Gasteiger partial charge in [0.05, 0.1) is 12.2 Å². The van der Waals surface area contributed by atoms with Crippen molar-refractivity contribution in [1.29, 1.82) is 0 Å². The molecule has 0 saturated heterocycles. The molecule has 1 aromatic carbocycles. The highest BCUT2D eigenvalue weighted by atomic mass is 35.5. The van der Waals surface area contributed by atoms with Crippen LogP contribution < -0.4 is 0 Å². The van der Waals surface area contributed by atoms with E-state index in [1.165, 1.54) is 11.3 Å². The highest BCUT2D eigenvalue weighted by molar-refractivity contribution is 7.23. The lowest BCUT2D eigenvalue weighted by Gasteiger charge is -1.95. The molecule has 0 atom stereocenters. The number of hydrogen-bond acceptors (Lipinski definition) is 3. The molecule has 2 nitrogen and oxygen atoms in total. The van der Waals surface area contributed by atoms with Crippen LogP contribution in [-0.2, 0) is 6.61 Å². The van der Waals surface area contributed by atoms with Crippen LogP contribution in [-0.4, -0.2) is 11.4 Å². The normalized spacial score (nSPS) is 10.7. The first-order valence-corrected chi connectivity index (χ1v) is 5.22. The lowest BCUT2D eigenvalue weighted by Crippen LogP contribution is -1.81. The Morgan fingerprint density at radius 1 is 1.50 bits per heavy atom. The van der Waals surface area contributed by atoms with E-state index in [0.29, 0.717) is 9.90 Å². The Labute approximate surface area is 89.7 Å². The van der Waals surface area contributed by atoms with Gasteiger partial charge in [-0.3, -0.25) is 4.79 Å². The third-order valence-electron chi connectivity index (χ3n) is 2.05. The van der Waals surface area contributed by atoms with Gasteiger partial charge in [0.2, 0.25) is 0 Å². The Kier molecular flexibility index (Phi) is 2.54. The minimum absolute atomic E-state index is 0.00187. The summed E-state index contributed by atoms with van der Waals surface area (Å²) in [6.07, 6.45) is 0.764. The maximum absolute atomic E-state index is 10.7. The van der Waals surface area contributed by atoms with Crippen LogP contribution in [0.15, 0.2) is 18.2 Å². The van der Waals surface area contributed by atoms with Gasteiger partial charge in [0.15, 0.2) is 6.29 Å². The molecule has 72 valence electrons. The molecule has 0 aliphatic rings. The van der Waals surface area contributed by atoms with Gasteiger partial charge in [-0.25, -0.2) is 0 Å². The van der Waals surface area contributed by atoms with Crippen LogP contribution in [0.5, 0.6) is 0 Å². The fourth-order valence-electron chi connectivity index (χ4n) is 1.34. The summed E-state index contributed by atoms with van der Waals surface area (Å²) in [5.41, 5.74) is 1.36. The van der Waals surface area contributed by atoms with Gasteiger partial charge in [-0.2, -0.15) is 0 Å². The third kappa shape index (κ3) is 1.43. The van der Waals surface area contributed by atoms with Crippen LogP contribution in [0.3, 0.4) is 0 Å². The minimum Gasteiger partial charge on any atom is -0.392 e. The zero-order chi connectivity index (χ0) is 10.1. The molecule has 1 N–H and O–H groups in total. The smallest absolute Gasteiger partial charge is 0.153 e. The number of thiophene rings is 1. The maximum Gasteiger partial charge on any atom is 0.153 e. The first-order valence-electron chi connectivity index (χ1n) is 4.03. The number of aldehydes is 1. The van der Waals surface area contributed by atoms with Crippen molar-refractivity contribution in [2.75, 3.05) is 0 Å². The summed E-state index contributed by atoms with van der Waals surface area (Å²) in [5, 5.41) is 9.79. The molecule has 0 unspecified atom stereocenters. The summed E-state index contributed by atoms with van der Waals surface area (Å²) < 4.78 is 1.44. The van der Waals surface area contributed by atoms with E-state index < -0.39 is 0 Å². The minimum atomic E-state index is 0.00187. The van der Waals surface area contributed by atoms with Crippen molar-refractivity contribution < 1.29 is 9.90 Å². The fourth-order valence-corrected chi connectivity index (χ4v) is 2.69. The molecule has 4 heteroatoms. The average Bonchev–Trinajstić information content (AvgIpc) is 2.51. The number of aliphatic hydroxyl groups is 1. The largest absolute Gasteiger partial charge is 0.392 e. The van der Waals surface area contributed by atoms with Crippen molar-refractivity contribution in [3.63, 3.8) is 0 Å². The topological polar surface area (TPSA) is 37.3 Å². The second kappa shape index (κ2) is 3.69. The summed E-state index contributed by atoms with van der Waals surface area (Å²) in [6, 6.07) is 5.45. The van der Waals surface area contributed by atoms with E-state index in [9.17, 15) is 4.79 Å². The molecule has 14 heavy (non-hydrogen) atoms. The van der Waals surface area contributed by atoms with E-state index in [1.807, 2.05) is 12.1 Å². The van der Waals surface area contributed by atoms with Crippen molar-refractivity contribution in [1.82, 2.24) is 0 Å². The number of rotatable bonds is 2. The molecular formula is C10H7ClO2S. The number of fused-ring (bicyclic) bond motifs is 1. The molecule has 0 fully saturated rings. The molecular weight excluding hydrogens is 220 g/mol. The van der Waals surface area contributed by atoms with E-state index in [2.05, 4.69) is 0 Å². The summed E-state index contributed by atoms with van der Waals surface area (Å²) in [6.45, 7) is 0.00187. The van der Waals surface area contributed by atoms with E-state index in [1.54, 1.807) is 6.07 Å². The quantitative estimate of drug-likeness (QED) is 0.800. The zero-order valence-corrected chi connectivity index (χ0v) is 8.73. The molecule has 1 aromatic heterocycles. The van der Waals surface area contributed by atoms with Crippen molar-refractivity contribution >= 4 is 39.3 Å². The molecule has 0 aliphatic heterocycles. The summed E-state index contributed by atoms with van der Waals surface area (Å²) >= 11 is 7.24. The Hall–Kier alpha value is -0.900. The number of carbonyl (C=O) groups excluding carboxylic acids is 1. The van der Waals surface area contributed by atoms with Gasteiger partial charge in [-0.05, 0) is 11.6 Å². The summed E-state index contributed by atoms with van der Waals surface area (Å²) in [4.78, 5) is 10.7. The third-order valence-corrected chi connectivity index (χ3v) is 3.44. The molecule has 0 bridgehead atoms. The molecule has 1 heterocycles. The van der Waals surface area contributed by atoms with Crippen LogP contribution >= 0.6 is 22.9 Å². The fraction of sp³-hybridized carbons (Fsp3) is 0.100. The number of halogens is 1. The van der Waals surface area contributed by atoms with Crippen molar-refractivity contribution in [2.45, 2.75) is 6.61 Å². The maximum atomic E-state index is 10.7. The van der Waals surface area contributed by atoms with Gasteiger partial charge in [-0.15, -0.1) is 11.3 Å². The second-order valence-corrected chi connectivity index (χ2v) is 4.55. The Morgan fingerprint density at radius 3 is 2.93 bits per heavy atom. The lowest BCUT2D eigenvalue weighted by molar-refractivity contribution is 0.112. The predicted molar refractivity (Wildman–Crippen MR) is 58.1 cm³/mol. The van der Waals surface area contributed by atoms with Crippen LogP contribution in [0, 0.1) is 0 Å². The molecule has 0 amide bonds. The summed E-state index contributed by atoms with van der Waals surface area (Å²) in [7, 11) is 0. The molecule has 2 rings (SSSR count). The van der Waals surface area contributed by atoms with E-state index >= 15 is 0 Å². The Bertz CT molecular complexity index is 490. The standard InChI is InChI=1S/C10H7ClO2S/c11-10-8(5-13)7-2-1-6(4-12)3-9(7)14-10/h1-3,5,12H,4H2. The van der Waals surface area contributed by atoms with Gasteiger partial charge in [0, 0.05) is 10.1 Å². The van der Waals surface area contributed by atoms with Crippen molar-refractivity contribution in [3.8, 4) is 0 Å². The zero-order valence-electron chi connectivity index (χ0n) is 7.16. The lowest BCUT2D eigenvalue weighted by atomic mass is 10.1. The number of aliphatic hydroxyl groups excluding tert-OH is 1. The van der Waals surface area contributed by atoms with Gasteiger partial charge in [-0.1, -0.05) is 23.7 Å². The highest BCUT2D eigenvalue weighted by Crippen LogP contribution is 2.34. The number of benzene rings is 1. The molecule has 0 aliphatic carbocycles. The van der Waals surface area contributed by atoms with Gasteiger partial charge < -0.3 is 5.11 Å². The predicted octanol–water partition coefficient (Wildman–Crippen LogP) is 2.86. The monoisotopic (exact) mass is 226 g/mol. The van der Waals surface area contributed by atoms with Crippen molar-refractivity contribution in [2.24, 2.45) is 0 Å². The molecule has 0 saturated carbocycles. The van der Waals surface area contributed by atoms with Gasteiger partial charge >= 0.3 is 0 Å². The van der Waals surface area contributed by atoms with Gasteiger partial charge in [0.25, 0.3) is 0 Å². The Morgan fingerprint density at radius 2 is 2.29 bits per heavy atom. The Balaban J connectivity index is 2.74. The van der Waals surface area contributed by atoms with Crippen LogP contribution in [0.4, 0.5) is 0 Å². The molecule has 0 spiro atoms. The first kappa shape index (κ1) is 9.65. The van der Waals surface area contributed by atoms with Gasteiger partial charge in [0.1, 0.15) is 4.34 Å². The van der Waals surface area contributed by atoms with Crippen LogP contribution in [0.1, 0.15) is 15.9 Å². The second-order valence-electron chi connectivity index (χ2n) is 2.90. The number of carbonyl (C=O) groups is 1. The van der Waals surface area contributed by atoms with Crippen LogP contribution in [0.25, 0.3) is 10.1 Å². The highest BCUT2D eigenvalue weighted by Gasteiger charge is 2.09. The molecule has 0 radical (unpaired) electrons. The van der Waals surface area contributed by atoms with Crippen molar-refractivity contribution in [3.05, 3.63) is 33.7 Å².